The Labute approximate surface area is 125 Å². The van der Waals surface area contributed by atoms with E-state index in [2.05, 4.69) is 35.9 Å². The lowest BCUT2D eigenvalue weighted by Crippen LogP contribution is -2.34. The average molecular weight is 282 g/mol. The molecule has 3 nitrogen and oxygen atoms in total. The summed E-state index contributed by atoms with van der Waals surface area (Å²) in [6.45, 7) is 8.54. The number of aromatic nitrogens is 1. The van der Waals surface area contributed by atoms with Crippen LogP contribution in [0.25, 0.3) is 16.3 Å². The monoisotopic (exact) mass is 282 g/mol. The van der Waals surface area contributed by atoms with E-state index < -0.39 is 0 Å². The minimum absolute atomic E-state index is 0.00654. The van der Waals surface area contributed by atoms with Gasteiger partial charge in [-0.15, -0.1) is 0 Å². The molecule has 0 bridgehead atoms. The lowest BCUT2D eigenvalue weighted by Gasteiger charge is -2.30. The highest BCUT2D eigenvalue weighted by atomic mass is 16.1. The molecule has 3 rings (SSSR count). The summed E-state index contributed by atoms with van der Waals surface area (Å²) < 4.78 is 0. The molecule has 0 unspecified atom stereocenters. The van der Waals surface area contributed by atoms with E-state index in [0.29, 0.717) is 6.04 Å². The average Bonchev–Trinajstić information content (AvgIpc) is 2.48. The van der Waals surface area contributed by atoms with Crippen molar-refractivity contribution >= 4 is 16.3 Å². The highest BCUT2D eigenvalue weighted by Crippen LogP contribution is 2.30. The Morgan fingerprint density at radius 1 is 1.19 bits per heavy atom. The highest BCUT2D eigenvalue weighted by molar-refractivity contribution is 5.94. The van der Waals surface area contributed by atoms with Crippen LogP contribution in [0.4, 0.5) is 0 Å². The number of aryl methyl sites for hydroxylation is 1. The Morgan fingerprint density at radius 3 is 2.52 bits per heavy atom. The van der Waals surface area contributed by atoms with Crippen molar-refractivity contribution in [1.82, 2.24) is 9.88 Å². The van der Waals surface area contributed by atoms with E-state index in [4.69, 9.17) is 0 Å². The lowest BCUT2D eigenvalue weighted by molar-refractivity contribution is 0.245. The summed E-state index contributed by atoms with van der Waals surface area (Å²) in [5, 5.41) is 1.85. The van der Waals surface area contributed by atoms with Crippen LogP contribution in [0.1, 0.15) is 31.5 Å². The van der Waals surface area contributed by atoms with Gasteiger partial charge in [0.05, 0.1) is 0 Å². The first kappa shape index (κ1) is 14.1. The molecule has 2 heterocycles. The Balaban J connectivity index is 2.12. The third-order valence-corrected chi connectivity index (χ3v) is 4.41. The quantitative estimate of drug-likeness (QED) is 0.917. The molecule has 2 aromatic rings. The largest absolute Gasteiger partial charge is 0.325 e. The van der Waals surface area contributed by atoms with Crippen LogP contribution in [-0.4, -0.2) is 29.0 Å². The number of nitrogens with one attached hydrogen (secondary N) is 1. The number of fused-ring (bicyclic) bond motifs is 1. The van der Waals surface area contributed by atoms with Gasteiger partial charge >= 0.3 is 0 Å². The summed E-state index contributed by atoms with van der Waals surface area (Å²) in [6, 6.07) is 8.47. The number of nitrogens with zero attached hydrogens (tertiary/aromatic N) is 1. The van der Waals surface area contributed by atoms with Crippen molar-refractivity contribution in [2.24, 2.45) is 0 Å². The third kappa shape index (κ3) is 2.54. The van der Waals surface area contributed by atoms with Gasteiger partial charge in [0.1, 0.15) is 0 Å². The Bertz CT molecular complexity index is 755. The van der Waals surface area contributed by atoms with Gasteiger partial charge in [-0.3, -0.25) is 9.69 Å². The standard InChI is InChI=1S/C18H22N2O/c1-12(2)20-10-8-14(9-11-20)17-13(3)19-18(21)16-7-5-4-6-15(16)17/h4-8,12H,9-11H2,1-3H3,(H,19,21). The highest BCUT2D eigenvalue weighted by Gasteiger charge is 2.18. The molecule has 0 aliphatic carbocycles. The van der Waals surface area contributed by atoms with Gasteiger partial charge in [-0.25, -0.2) is 0 Å². The Morgan fingerprint density at radius 2 is 1.90 bits per heavy atom. The van der Waals surface area contributed by atoms with Crippen molar-refractivity contribution in [3.63, 3.8) is 0 Å². The number of hydrogen-bond donors (Lipinski definition) is 1. The minimum Gasteiger partial charge on any atom is -0.325 e. The SMILES string of the molecule is Cc1[nH]c(=O)c2ccccc2c1C1=CCN(C(C)C)CC1. The van der Waals surface area contributed by atoms with Crippen LogP contribution < -0.4 is 5.56 Å². The van der Waals surface area contributed by atoms with Crippen LogP contribution in [0.15, 0.2) is 35.1 Å². The first-order chi connectivity index (χ1) is 10.1. The van der Waals surface area contributed by atoms with E-state index in [-0.39, 0.29) is 5.56 Å². The molecule has 1 aliphatic rings. The lowest BCUT2D eigenvalue weighted by atomic mass is 9.93. The number of hydrogen-bond acceptors (Lipinski definition) is 2. The van der Waals surface area contributed by atoms with Crippen LogP contribution in [-0.2, 0) is 0 Å². The molecule has 0 radical (unpaired) electrons. The number of rotatable bonds is 2. The summed E-state index contributed by atoms with van der Waals surface area (Å²) >= 11 is 0. The van der Waals surface area contributed by atoms with Gasteiger partial charge in [-0.05, 0) is 44.2 Å². The molecular formula is C18H22N2O. The van der Waals surface area contributed by atoms with Crippen LogP contribution in [0.2, 0.25) is 0 Å². The summed E-state index contributed by atoms with van der Waals surface area (Å²) in [5.74, 6) is 0. The van der Waals surface area contributed by atoms with E-state index in [9.17, 15) is 4.79 Å². The molecule has 1 aromatic carbocycles. The van der Waals surface area contributed by atoms with Crippen LogP contribution in [0.5, 0.6) is 0 Å². The van der Waals surface area contributed by atoms with Crippen molar-refractivity contribution in [1.29, 1.82) is 0 Å². The van der Waals surface area contributed by atoms with E-state index in [1.807, 2.05) is 25.1 Å². The van der Waals surface area contributed by atoms with Crippen molar-refractivity contribution in [2.45, 2.75) is 33.2 Å². The zero-order chi connectivity index (χ0) is 15.0. The molecular weight excluding hydrogens is 260 g/mol. The van der Waals surface area contributed by atoms with Gasteiger partial charge < -0.3 is 4.98 Å². The molecule has 0 atom stereocenters. The molecule has 0 saturated heterocycles. The second-order valence-electron chi connectivity index (χ2n) is 6.07. The molecule has 0 fully saturated rings. The van der Waals surface area contributed by atoms with Gasteiger partial charge in [0.15, 0.2) is 0 Å². The number of pyridine rings is 1. The fourth-order valence-corrected chi connectivity index (χ4v) is 3.20. The Hall–Kier alpha value is -1.87. The summed E-state index contributed by atoms with van der Waals surface area (Å²) in [5.41, 5.74) is 3.56. The second-order valence-corrected chi connectivity index (χ2v) is 6.07. The zero-order valence-corrected chi connectivity index (χ0v) is 12.9. The molecule has 3 heteroatoms. The fraction of sp³-hybridized carbons (Fsp3) is 0.389. The van der Waals surface area contributed by atoms with Gasteiger partial charge in [-0.1, -0.05) is 24.3 Å². The summed E-state index contributed by atoms with van der Waals surface area (Å²) in [4.78, 5) is 17.6. The van der Waals surface area contributed by atoms with Crippen LogP contribution >= 0.6 is 0 Å². The molecule has 0 saturated carbocycles. The zero-order valence-electron chi connectivity index (χ0n) is 12.9. The molecule has 0 spiro atoms. The number of H-pyrrole nitrogens is 1. The molecule has 0 amide bonds. The molecule has 1 N–H and O–H groups in total. The molecule has 1 aromatic heterocycles. The first-order valence-electron chi connectivity index (χ1n) is 7.63. The van der Waals surface area contributed by atoms with Crippen molar-refractivity contribution in [3.8, 4) is 0 Å². The van der Waals surface area contributed by atoms with E-state index in [1.165, 1.54) is 11.1 Å². The predicted octanol–water partition coefficient (Wildman–Crippen LogP) is 3.33. The topological polar surface area (TPSA) is 36.1 Å². The van der Waals surface area contributed by atoms with Crippen molar-refractivity contribution in [2.75, 3.05) is 13.1 Å². The number of benzene rings is 1. The van der Waals surface area contributed by atoms with Crippen molar-refractivity contribution < 1.29 is 0 Å². The first-order valence-corrected chi connectivity index (χ1v) is 7.63. The van der Waals surface area contributed by atoms with Gasteiger partial charge in [0.25, 0.3) is 5.56 Å². The summed E-state index contributed by atoms with van der Waals surface area (Å²) in [7, 11) is 0. The molecule has 21 heavy (non-hydrogen) atoms. The van der Waals surface area contributed by atoms with Gasteiger partial charge in [-0.2, -0.15) is 0 Å². The van der Waals surface area contributed by atoms with E-state index in [0.717, 1.165) is 36.0 Å². The fourth-order valence-electron chi connectivity index (χ4n) is 3.20. The van der Waals surface area contributed by atoms with Crippen LogP contribution in [0.3, 0.4) is 0 Å². The minimum atomic E-state index is 0.00654. The van der Waals surface area contributed by atoms with Crippen LogP contribution in [0, 0.1) is 6.92 Å². The normalized spacial score (nSPS) is 16.5. The maximum Gasteiger partial charge on any atom is 0.256 e. The molecule has 110 valence electrons. The smallest absolute Gasteiger partial charge is 0.256 e. The second kappa shape index (κ2) is 5.49. The van der Waals surface area contributed by atoms with E-state index >= 15 is 0 Å². The predicted molar refractivity (Wildman–Crippen MR) is 88.6 cm³/mol. The van der Waals surface area contributed by atoms with Crippen molar-refractivity contribution in [3.05, 3.63) is 52.0 Å². The van der Waals surface area contributed by atoms with Gasteiger partial charge in [0, 0.05) is 35.8 Å². The maximum atomic E-state index is 12.1. The van der Waals surface area contributed by atoms with E-state index in [1.54, 1.807) is 0 Å². The maximum absolute atomic E-state index is 12.1. The molecule has 1 aliphatic heterocycles. The number of aromatic amines is 1. The van der Waals surface area contributed by atoms with Gasteiger partial charge in [0.2, 0.25) is 0 Å². The third-order valence-electron chi connectivity index (χ3n) is 4.41. The Kier molecular flexibility index (Phi) is 3.68. The summed E-state index contributed by atoms with van der Waals surface area (Å²) in [6.07, 6.45) is 3.35.